The van der Waals surface area contributed by atoms with Crippen molar-refractivity contribution >= 4 is 15.9 Å². The number of amides is 1. The smallest absolute Gasteiger partial charge is 0.251 e. The number of rotatable bonds is 8. The van der Waals surface area contributed by atoms with Crippen LogP contribution in [0.2, 0.25) is 0 Å². The summed E-state index contributed by atoms with van der Waals surface area (Å²) in [4.78, 5) is 14.9. The van der Waals surface area contributed by atoms with Crippen LogP contribution in [0, 0.1) is 6.92 Å². The number of carbonyl (C=O) groups excluding carboxylic acids is 1. The summed E-state index contributed by atoms with van der Waals surface area (Å²) in [6.07, 6.45) is 0.981. The molecule has 0 aliphatic heterocycles. The molecule has 2 aromatic rings. The Labute approximate surface area is 168 Å². The molecule has 152 valence electrons. The molecule has 0 bridgehead atoms. The lowest BCUT2D eigenvalue weighted by Gasteiger charge is -2.25. The van der Waals surface area contributed by atoms with Crippen LogP contribution in [0.25, 0.3) is 0 Å². The van der Waals surface area contributed by atoms with Gasteiger partial charge in [-0.1, -0.05) is 37.3 Å². The summed E-state index contributed by atoms with van der Waals surface area (Å²) in [5.41, 5.74) is 3.46. The number of benzene rings is 2. The van der Waals surface area contributed by atoms with Gasteiger partial charge in [0.15, 0.2) is 0 Å². The topological polar surface area (TPSA) is 78.5 Å². The Kier molecular flexibility index (Phi) is 7.35. The summed E-state index contributed by atoms with van der Waals surface area (Å²) >= 11 is 0. The van der Waals surface area contributed by atoms with Crippen molar-refractivity contribution in [3.63, 3.8) is 0 Å². The quantitative estimate of drug-likeness (QED) is 0.710. The second-order valence-corrected chi connectivity index (χ2v) is 8.86. The average Bonchev–Trinajstić information content (AvgIpc) is 2.68. The van der Waals surface area contributed by atoms with E-state index in [0.29, 0.717) is 12.1 Å². The Morgan fingerprint density at radius 3 is 2.29 bits per heavy atom. The lowest BCUT2D eigenvalue weighted by atomic mass is 10.0. The standard InChI is InChI=1S/C21H29N3O3S/c1-6-16-8-10-17(11-9-16)20(24(4)5)14-23-21(25)19-13-18(12-7-15(19)2)28(26,27)22-3/h7-13,20,22H,6,14H2,1-5H3,(H,23,25)/t20-/m0/s1. The fourth-order valence-corrected chi connectivity index (χ4v) is 3.75. The zero-order valence-electron chi connectivity index (χ0n) is 17.1. The van der Waals surface area contributed by atoms with Crippen LogP contribution in [0.1, 0.15) is 40.0 Å². The van der Waals surface area contributed by atoms with E-state index in [-0.39, 0.29) is 16.8 Å². The molecule has 2 aromatic carbocycles. The number of nitrogens with zero attached hydrogens (tertiary/aromatic N) is 1. The molecular weight excluding hydrogens is 374 g/mol. The SMILES string of the molecule is CCc1ccc([C@H](CNC(=O)c2cc(S(=O)(=O)NC)ccc2C)N(C)C)cc1. The van der Waals surface area contributed by atoms with Crippen molar-refractivity contribution in [3.8, 4) is 0 Å². The zero-order chi connectivity index (χ0) is 20.9. The van der Waals surface area contributed by atoms with Crippen molar-refractivity contribution in [2.75, 3.05) is 27.7 Å². The fraction of sp³-hybridized carbons (Fsp3) is 0.381. The third-order valence-electron chi connectivity index (χ3n) is 4.88. The molecule has 7 heteroatoms. The molecule has 0 aliphatic rings. The van der Waals surface area contributed by atoms with Gasteiger partial charge < -0.3 is 10.2 Å². The lowest BCUT2D eigenvalue weighted by Crippen LogP contribution is -2.35. The number of sulfonamides is 1. The highest BCUT2D eigenvalue weighted by molar-refractivity contribution is 7.89. The van der Waals surface area contributed by atoms with Crippen LogP contribution in [0.3, 0.4) is 0 Å². The molecule has 0 saturated carbocycles. The molecular formula is C21H29N3O3S. The summed E-state index contributed by atoms with van der Waals surface area (Å²) in [5.74, 6) is -0.289. The summed E-state index contributed by atoms with van der Waals surface area (Å²) in [5, 5.41) is 2.95. The molecule has 0 heterocycles. The molecule has 0 spiro atoms. The molecule has 0 aliphatic carbocycles. The minimum Gasteiger partial charge on any atom is -0.350 e. The van der Waals surface area contributed by atoms with E-state index in [1.54, 1.807) is 13.0 Å². The maximum atomic E-state index is 12.7. The van der Waals surface area contributed by atoms with Crippen molar-refractivity contribution in [1.29, 1.82) is 0 Å². The van der Waals surface area contributed by atoms with Gasteiger partial charge in [0.1, 0.15) is 0 Å². The van der Waals surface area contributed by atoms with Gasteiger partial charge in [-0.15, -0.1) is 0 Å². The second-order valence-electron chi connectivity index (χ2n) is 6.97. The molecule has 2 N–H and O–H groups in total. The molecule has 0 aromatic heterocycles. The molecule has 1 amide bonds. The van der Waals surface area contributed by atoms with Gasteiger partial charge in [-0.3, -0.25) is 4.79 Å². The highest BCUT2D eigenvalue weighted by Crippen LogP contribution is 2.20. The highest BCUT2D eigenvalue weighted by Gasteiger charge is 2.19. The van der Waals surface area contributed by atoms with Crippen molar-refractivity contribution in [2.24, 2.45) is 0 Å². The van der Waals surface area contributed by atoms with Gasteiger partial charge in [-0.2, -0.15) is 0 Å². The van der Waals surface area contributed by atoms with Crippen molar-refractivity contribution in [1.82, 2.24) is 14.9 Å². The van der Waals surface area contributed by atoms with Crippen LogP contribution in [0.5, 0.6) is 0 Å². The molecule has 2 rings (SSSR count). The van der Waals surface area contributed by atoms with Gasteiger partial charge in [0.05, 0.1) is 10.9 Å². The molecule has 6 nitrogen and oxygen atoms in total. The summed E-state index contributed by atoms with van der Waals surface area (Å²) in [6.45, 7) is 4.32. The van der Waals surface area contributed by atoms with E-state index in [2.05, 4.69) is 46.1 Å². The predicted molar refractivity (Wildman–Crippen MR) is 112 cm³/mol. The Morgan fingerprint density at radius 2 is 1.75 bits per heavy atom. The Bertz CT molecular complexity index is 922. The summed E-state index contributed by atoms with van der Waals surface area (Å²) in [7, 11) is 1.68. The van der Waals surface area contributed by atoms with Gasteiger partial charge in [0.2, 0.25) is 10.0 Å². The van der Waals surface area contributed by atoms with Gasteiger partial charge >= 0.3 is 0 Å². The molecule has 0 unspecified atom stereocenters. The summed E-state index contributed by atoms with van der Waals surface area (Å²) < 4.78 is 26.3. The van der Waals surface area contributed by atoms with E-state index < -0.39 is 10.0 Å². The van der Waals surface area contributed by atoms with Crippen LogP contribution in [-0.4, -0.2) is 46.9 Å². The van der Waals surface area contributed by atoms with E-state index in [0.717, 1.165) is 17.5 Å². The van der Waals surface area contributed by atoms with Gasteiger partial charge in [-0.05, 0) is 63.3 Å². The average molecular weight is 404 g/mol. The van der Waals surface area contributed by atoms with Crippen LogP contribution < -0.4 is 10.0 Å². The van der Waals surface area contributed by atoms with Crippen molar-refractivity contribution in [2.45, 2.75) is 31.2 Å². The van der Waals surface area contributed by atoms with Crippen LogP contribution in [0.15, 0.2) is 47.4 Å². The van der Waals surface area contributed by atoms with Crippen molar-refractivity contribution in [3.05, 3.63) is 64.7 Å². The molecule has 0 saturated heterocycles. The van der Waals surface area contributed by atoms with Gasteiger partial charge in [-0.25, -0.2) is 13.1 Å². The fourth-order valence-electron chi connectivity index (χ4n) is 2.99. The second kappa shape index (κ2) is 9.32. The van der Waals surface area contributed by atoms with Crippen LogP contribution >= 0.6 is 0 Å². The maximum Gasteiger partial charge on any atom is 0.251 e. The van der Waals surface area contributed by atoms with E-state index in [1.807, 2.05) is 14.1 Å². The minimum atomic E-state index is -3.60. The van der Waals surface area contributed by atoms with Crippen LogP contribution in [0.4, 0.5) is 0 Å². The molecule has 1 atom stereocenters. The number of hydrogen-bond donors (Lipinski definition) is 2. The van der Waals surface area contributed by atoms with Crippen LogP contribution in [-0.2, 0) is 16.4 Å². The third-order valence-corrected chi connectivity index (χ3v) is 6.30. The first-order valence-electron chi connectivity index (χ1n) is 9.27. The number of aryl methyl sites for hydroxylation is 2. The third kappa shape index (κ3) is 5.19. The zero-order valence-corrected chi connectivity index (χ0v) is 17.9. The maximum absolute atomic E-state index is 12.7. The summed E-state index contributed by atoms with van der Waals surface area (Å²) in [6, 6.07) is 12.9. The van der Waals surface area contributed by atoms with E-state index >= 15 is 0 Å². The van der Waals surface area contributed by atoms with E-state index in [9.17, 15) is 13.2 Å². The van der Waals surface area contributed by atoms with E-state index in [1.165, 1.54) is 24.7 Å². The number of likely N-dealkylation sites (N-methyl/N-ethyl adjacent to an activating group) is 1. The Morgan fingerprint density at radius 1 is 1.11 bits per heavy atom. The number of carbonyl (C=O) groups is 1. The normalized spacial score (nSPS) is 12.8. The largest absolute Gasteiger partial charge is 0.350 e. The monoisotopic (exact) mass is 403 g/mol. The highest BCUT2D eigenvalue weighted by atomic mass is 32.2. The molecule has 0 fully saturated rings. The van der Waals surface area contributed by atoms with Gasteiger partial charge in [0, 0.05) is 12.1 Å². The van der Waals surface area contributed by atoms with Gasteiger partial charge in [0.25, 0.3) is 5.91 Å². The first-order chi connectivity index (χ1) is 13.2. The Balaban J connectivity index is 2.20. The predicted octanol–water partition coefficient (Wildman–Crippen LogP) is 2.50. The lowest BCUT2D eigenvalue weighted by molar-refractivity contribution is 0.0941. The molecule has 28 heavy (non-hydrogen) atoms. The molecule has 0 radical (unpaired) electrons. The minimum absolute atomic E-state index is 0.0133. The Hall–Kier alpha value is -2.22. The number of hydrogen-bond acceptors (Lipinski definition) is 4. The first-order valence-corrected chi connectivity index (χ1v) is 10.8. The van der Waals surface area contributed by atoms with E-state index in [4.69, 9.17) is 0 Å². The first kappa shape index (κ1) is 22.1. The van der Waals surface area contributed by atoms with Crippen molar-refractivity contribution < 1.29 is 13.2 Å². The number of nitrogens with one attached hydrogen (secondary N) is 2.